The molecular weight excluding hydrogens is 308 g/mol. The van der Waals surface area contributed by atoms with Crippen LogP contribution in [0.5, 0.6) is 0 Å². The minimum atomic E-state index is -0.247. The number of hydrogen-bond donors (Lipinski definition) is 2. The number of aromatic nitrogens is 4. The summed E-state index contributed by atoms with van der Waals surface area (Å²) >= 11 is 0. The number of carbonyl (C=O) groups excluding carboxylic acids is 1. The molecule has 0 aliphatic carbocycles. The van der Waals surface area contributed by atoms with Gasteiger partial charge in [-0.2, -0.15) is 10.1 Å². The molecule has 0 radical (unpaired) electrons. The third-order valence-electron chi connectivity index (χ3n) is 4.59. The average Bonchev–Trinajstić information content (AvgIpc) is 3.26. The molecule has 2 N–H and O–H groups in total. The van der Waals surface area contributed by atoms with Crippen molar-refractivity contribution in [3.8, 4) is 0 Å². The van der Waals surface area contributed by atoms with Crippen molar-refractivity contribution >= 4 is 6.03 Å². The van der Waals surface area contributed by atoms with Gasteiger partial charge in [0.2, 0.25) is 5.89 Å². The van der Waals surface area contributed by atoms with E-state index in [9.17, 15) is 4.79 Å². The summed E-state index contributed by atoms with van der Waals surface area (Å²) in [6, 6.07) is -0.275. The molecule has 1 aliphatic rings. The van der Waals surface area contributed by atoms with Crippen molar-refractivity contribution in [3.63, 3.8) is 0 Å². The highest BCUT2D eigenvalue weighted by Gasteiger charge is 2.34. The molecular formula is C16H24N6O2. The molecule has 1 fully saturated rings. The summed E-state index contributed by atoms with van der Waals surface area (Å²) in [4.78, 5) is 18.9. The highest BCUT2D eigenvalue weighted by molar-refractivity contribution is 5.75. The van der Waals surface area contributed by atoms with Crippen LogP contribution in [0.3, 0.4) is 0 Å². The smallest absolute Gasteiger partial charge is 0.318 e. The van der Waals surface area contributed by atoms with Gasteiger partial charge in [-0.1, -0.05) is 12.1 Å². The van der Waals surface area contributed by atoms with E-state index in [-0.39, 0.29) is 18.1 Å². The Morgan fingerprint density at radius 2 is 2.25 bits per heavy atom. The molecule has 0 spiro atoms. The number of aromatic amines is 1. The molecule has 1 aliphatic heterocycles. The zero-order valence-electron chi connectivity index (χ0n) is 14.6. The fraction of sp³-hybridized carbons (Fsp3) is 0.625. The van der Waals surface area contributed by atoms with E-state index in [2.05, 4.69) is 25.7 Å². The first-order valence-corrected chi connectivity index (χ1v) is 8.40. The molecule has 8 heteroatoms. The quantitative estimate of drug-likeness (QED) is 0.896. The number of carbonyl (C=O) groups is 1. The van der Waals surface area contributed by atoms with Crippen molar-refractivity contribution < 1.29 is 9.32 Å². The highest BCUT2D eigenvalue weighted by atomic mass is 16.5. The topological polar surface area (TPSA) is 99.9 Å². The van der Waals surface area contributed by atoms with Crippen LogP contribution in [0, 0.1) is 20.8 Å². The first-order chi connectivity index (χ1) is 11.5. The molecule has 2 atom stereocenters. The van der Waals surface area contributed by atoms with E-state index in [1.165, 1.54) is 0 Å². The first kappa shape index (κ1) is 16.5. The summed E-state index contributed by atoms with van der Waals surface area (Å²) < 4.78 is 5.03. The minimum absolute atomic E-state index is 0.0632. The number of amides is 2. The maximum absolute atomic E-state index is 12.8. The lowest BCUT2D eigenvalue weighted by Crippen LogP contribution is -2.41. The second-order valence-electron chi connectivity index (χ2n) is 6.28. The number of H-pyrrole nitrogens is 1. The lowest BCUT2D eigenvalue weighted by Gasteiger charge is -2.27. The van der Waals surface area contributed by atoms with Gasteiger partial charge in [-0.25, -0.2) is 4.79 Å². The highest BCUT2D eigenvalue weighted by Crippen LogP contribution is 2.35. The van der Waals surface area contributed by atoms with E-state index in [0.29, 0.717) is 18.1 Å². The maximum atomic E-state index is 12.8. The Morgan fingerprint density at radius 3 is 2.83 bits per heavy atom. The van der Waals surface area contributed by atoms with Crippen molar-refractivity contribution in [2.75, 3.05) is 6.54 Å². The summed E-state index contributed by atoms with van der Waals surface area (Å²) in [6.07, 6.45) is 2.64. The zero-order valence-corrected chi connectivity index (χ0v) is 14.6. The summed E-state index contributed by atoms with van der Waals surface area (Å²) in [5.74, 6) is 1.02. The number of hydrogen-bond acceptors (Lipinski definition) is 5. The van der Waals surface area contributed by atoms with Gasteiger partial charge in [-0.15, -0.1) is 0 Å². The molecule has 3 heterocycles. The van der Waals surface area contributed by atoms with Gasteiger partial charge in [0.1, 0.15) is 0 Å². The van der Waals surface area contributed by atoms with Gasteiger partial charge >= 0.3 is 6.03 Å². The summed E-state index contributed by atoms with van der Waals surface area (Å²) in [6.45, 7) is 8.45. The van der Waals surface area contributed by atoms with Gasteiger partial charge in [0, 0.05) is 24.7 Å². The van der Waals surface area contributed by atoms with Crippen LogP contribution in [0.15, 0.2) is 4.52 Å². The van der Waals surface area contributed by atoms with Gasteiger partial charge in [-0.05, 0) is 33.1 Å². The van der Waals surface area contributed by atoms with Crippen LogP contribution in [0.4, 0.5) is 4.79 Å². The predicted molar refractivity (Wildman–Crippen MR) is 87.3 cm³/mol. The number of likely N-dealkylation sites (tertiary alicyclic amines) is 1. The minimum Gasteiger partial charge on any atom is -0.340 e. The second-order valence-corrected chi connectivity index (χ2v) is 6.28. The van der Waals surface area contributed by atoms with E-state index in [4.69, 9.17) is 4.52 Å². The number of urea groups is 1. The van der Waals surface area contributed by atoms with E-state index in [1.807, 2.05) is 25.7 Å². The SMILES string of the molecule is CC[C@@H](NC(=O)N1CCC[C@@H]1c1c(C)n[nH]c1C)c1noc(C)n1. The van der Waals surface area contributed by atoms with Crippen LogP contribution in [0.2, 0.25) is 0 Å². The first-order valence-electron chi connectivity index (χ1n) is 8.40. The standard InChI is InChI=1S/C16H24N6O2/c1-5-12(15-17-11(4)24-21-15)18-16(23)22-8-6-7-13(22)14-9(2)19-20-10(14)3/h12-13H,5-8H2,1-4H3,(H,18,23)(H,19,20)/t12-,13-/m1/s1. The molecule has 8 nitrogen and oxygen atoms in total. The molecule has 0 unspecified atom stereocenters. The Hall–Kier alpha value is -2.38. The molecule has 0 aromatic carbocycles. The van der Waals surface area contributed by atoms with Gasteiger partial charge in [0.25, 0.3) is 0 Å². The Bertz CT molecular complexity index is 702. The van der Waals surface area contributed by atoms with Gasteiger partial charge in [0.05, 0.1) is 17.8 Å². The third-order valence-corrected chi connectivity index (χ3v) is 4.59. The average molecular weight is 332 g/mol. The van der Waals surface area contributed by atoms with Crippen LogP contribution in [-0.4, -0.2) is 37.8 Å². The monoisotopic (exact) mass is 332 g/mol. The van der Waals surface area contributed by atoms with Crippen LogP contribution in [0.1, 0.15) is 66.9 Å². The Kier molecular flexibility index (Phi) is 4.55. The second kappa shape index (κ2) is 6.62. The van der Waals surface area contributed by atoms with Gasteiger partial charge in [0.15, 0.2) is 5.82 Å². The van der Waals surface area contributed by atoms with Gasteiger partial charge in [-0.3, -0.25) is 5.10 Å². The molecule has 1 saturated heterocycles. The molecule has 130 valence electrons. The molecule has 0 bridgehead atoms. The van der Waals surface area contributed by atoms with Crippen molar-refractivity contribution in [2.45, 2.75) is 59.0 Å². The van der Waals surface area contributed by atoms with E-state index in [1.54, 1.807) is 6.92 Å². The van der Waals surface area contributed by atoms with E-state index in [0.717, 1.165) is 36.3 Å². The largest absolute Gasteiger partial charge is 0.340 e. The van der Waals surface area contributed by atoms with Gasteiger partial charge < -0.3 is 14.7 Å². The van der Waals surface area contributed by atoms with E-state index < -0.39 is 0 Å². The molecule has 0 saturated carbocycles. The fourth-order valence-electron chi connectivity index (χ4n) is 3.40. The summed E-state index contributed by atoms with van der Waals surface area (Å²) in [5.41, 5.74) is 3.11. The summed E-state index contributed by atoms with van der Waals surface area (Å²) in [7, 11) is 0. The van der Waals surface area contributed by atoms with Crippen molar-refractivity contribution in [1.29, 1.82) is 0 Å². The summed E-state index contributed by atoms with van der Waals surface area (Å²) in [5, 5.41) is 14.2. The van der Waals surface area contributed by atoms with Crippen LogP contribution < -0.4 is 5.32 Å². The third kappa shape index (κ3) is 3.00. The van der Waals surface area contributed by atoms with Crippen molar-refractivity contribution in [2.24, 2.45) is 0 Å². The van der Waals surface area contributed by atoms with Crippen LogP contribution in [0.25, 0.3) is 0 Å². The lowest BCUT2D eigenvalue weighted by molar-refractivity contribution is 0.187. The number of nitrogens with one attached hydrogen (secondary N) is 2. The van der Waals surface area contributed by atoms with Crippen molar-refractivity contribution in [3.05, 3.63) is 28.7 Å². The van der Waals surface area contributed by atoms with E-state index >= 15 is 0 Å². The molecule has 2 aromatic heterocycles. The molecule has 2 amide bonds. The normalized spacial score (nSPS) is 18.8. The van der Waals surface area contributed by atoms with Crippen molar-refractivity contribution in [1.82, 2.24) is 30.6 Å². The molecule has 24 heavy (non-hydrogen) atoms. The van der Waals surface area contributed by atoms with Crippen LogP contribution in [-0.2, 0) is 0 Å². The zero-order chi connectivity index (χ0) is 17.3. The maximum Gasteiger partial charge on any atom is 0.318 e. The predicted octanol–water partition coefficient (Wildman–Crippen LogP) is 2.72. The number of nitrogens with zero attached hydrogens (tertiary/aromatic N) is 4. The lowest BCUT2D eigenvalue weighted by atomic mass is 10.0. The molecule has 2 aromatic rings. The number of aryl methyl sites for hydroxylation is 3. The molecule has 3 rings (SSSR count). The van der Waals surface area contributed by atoms with Crippen LogP contribution >= 0.6 is 0 Å². The Labute approximate surface area is 141 Å². The Balaban J connectivity index is 1.76. The number of rotatable bonds is 4. The Morgan fingerprint density at radius 1 is 1.46 bits per heavy atom. The fourth-order valence-corrected chi connectivity index (χ4v) is 3.40.